The molecular formula is C14H19NO4. The normalized spacial score (nSPS) is 10.3. The number of nitrogens with two attached hydrogens (primary N) is 1. The topological polar surface area (TPSA) is 78.6 Å². The summed E-state index contributed by atoms with van der Waals surface area (Å²) in [7, 11) is 0. The van der Waals surface area contributed by atoms with Crippen LogP contribution >= 0.6 is 0 Å². The average Bonchev–Trinajstić information content (AvgIpc) is 2.31. The van der Waals surface area contributed by atoms with Crippen molar-refractivity contribution in [2.24, 2.45) is 0 Å². The summed E-state index contributed by atoms with van der Waals surface area (Å²) in [6, 6.07) is 4.94. The molecule has 0 aromatic heterocycles. The van der Waals surface area contributed by atoms with Crippen molar-refractivity contribution in [3.63, 3.8) is 0 Å². The molecule has 5 nitrogen and oxygen atoms in total. The third-order valence-electron chi connectivity index (χ3n) is 2.40. The average molecular weight is 265 g/mol. The molecule has 2 N–H and O–H groups in total. The van der Waals surface area contributed by atoms with E-state index in [1.807, 2.05) is 0 Å². The highest BCUT2D eigenvalue weighted by Crippen LogP contribution is 2.20. The van der Waals surface area contributed by atoms with Gasteiger partial charge in [-0.05, 0) is 32.4 Å². The first kappa shape index (κ1) is 15.0. The van der Waals surface area contributed by atoms with Gasteiger partial charge in [0.15, 0.2) is 0 Å². The summed E-state index contributed by atoms with van der Waals surface area (Å²) >= 11 is 0. The summed E-state index contributed by atoms with van der Waals surface area (Å²) in [4.78, 5) is 23.3. The van der Waals surface area contributed by atoms with Gasteiger partial charge in [-0.15, -0.1) is 0 Å². The first-order chi connectivity index (χ1) is 8.95. The highest BCUT2D eigenvalue weighted by Gasteiger charge is 2.16. The van der Waals surface area contributed by atoms with Gasteiger partial charge in [-0.2, -0.15) is 0 Å². The van der Waals surface area contributed by atoms with E-state index in [0.717, 1.165) is 0 Å². The molecule has 0 aliphatic carbocycles. The molecule has 0 saturated heterocycles. The minimum atomic E-state index is -0.488. The van der Waals surface area contributed by atoms with Crippen LogP contribution in [0.15, 0.2) is 18.2 Å². The highest BCUT2D eigenvalue weighted by molar-refractivity contribution is 5.96. The lowest BCUT2D eigenvalue weighted by atomic mass is 10.0. The van der Waals surface area contributed by atoms with Crippen LogP contribution in [0.3, 0.4) is 0 Å². The SMILES string of the molecule is CCOC(=O)Cc1cccc(C(=O)OC(C)C)c1N. The number of carbonyl (C=O) groups is 2. The van der Waals surface area contributed by atoms with E-state index in [4.69, 9.17) is 15.2 Å². The molecule has 1 aromatic rings. The quantitative estimate of drug-likeness (QED) is 0.650. The molecule has 19 heavy (non-hydrogen) atoms. The van der Waals surface area contributed by atoms with Crippen LogP contribution in [0, 0.1) is 0 Å². The Kier molecular flexibility index (Phi) is 5.36. The summed E-state index contributed by atoms with van der Waals surface area (Å²) < 4.78 is 9.94. The van der Waals surface area contributed by atoms with Gasteiger partial charge in [0.2, 0.25) is 0 Å². The fraction of sp³-hybridized carbons (Fsp3) is 0.429. The van der Waals surface area contributed by atoms with Crippen LogP contribution in [0.5, 0.6) is 0 Å². The number of benzene rings is 1. The van der Waals surface area contributed by atoms with Crippen LogP contribution in [-0.2, 0) is 20.7 Å². The number of nitrogen functional groups attached to an aromatic ring is 1. The van der Waals surface area contributed by atoms with Gasteiger partial charge >= 0.3 is 11.9 Å². The van der Waals surface area contributed by atoms with Crippen molar-refractivity contribution in [1.82, 2.24) is 0 Å². The summed E-state index contributed by atoms with van der Waals surface area (Å²) in [6.07, 6.45) is -0.178. The van der Waals surface area contributed by atoms with E-state index in [0.29, 0.717) is 12.2 Å². The van der Waals surface area contributed by atoms with Crippen molar-refractivity contribution in [2.45, 2.75) is 33.3 Å². The number of hydrogen-bond donors (Lipinski definition) is 1. The molecule has 0 atom stereocenters. The number of hydrogen-bond acceptors (Lipinski definition) is 5. The van der Waals surface area contributed by atoms with Crippen molar-refractivity contribution in [2.75, 3.05) is 12.3 Å². The van der Waals surface area contributed by atoms with Crippen LogP contribution < -0.4 is 5.73 Å². The summed E-state index contributed by atoms with van der Waals surface area (Å²) in [5, 5.41) is 0. The lowest BCUT2D eigenvalue weighted by molar-refractivity contribution is -0.142. The molecule has 1 aromatic carbocycles. The Morgan fingerprint density at radius 3 is 2.58 bits per heavy atom. The first-order valence-corrected chi connectivity index (χ1v) is 6.19. The van der Waals surface area contributed by atoms with E-state index in [1.165, 1.54) is 0 Å². The first-order valence-electron chi connectivity index (χ1n) is 6.19. The van der Waals surface area contributed by atoms with Gasteiger partial charge in [0.1, 0.15) is 0 Å². The monoisotopic (exact) mass is 265 g/mol. The van der Waals surface area contributed by atoms with E-state index < -0.39 is 5.97 Å². The summed E-state index contributed by atoms with van der Waals surface area (Å²) in [5.41, 5.74) is 7.00. The van der Waals surface area contributed by atoms with E-state index in [1.54, 1.807) is 39.0 Å². The van der Waals surface area contributed by atoms with Gasteiger partial charge in [0.25, 0.3) is 0 Å². The van der Waals surface area contributed by atoms with Gasteiger partial charge in [-0.3, -0.25) is 4.79 Å². The molecule has 0 saturated carbocycles. The molecule has 5 heteroatoms. The van der Waals surface area contributed by atoms with Gasteiger partial charge in [0, 0.05) is 5.69 Å². The number of esters is 2. The molecule has 0 fully saturated rings. The minimum absolute atomic E-state index is 0.0441. The number of carbonyl (C=O) groups excluding carboxylic acids is 2. The van der Waals surface area contributed by atoms with Crippen molar-refractivity contribution in [3.05, 3.63) is 29.3 Å². The van der Waals surface area contributed by atoms with Crippen molar-refractivity contribution in [3.8, 4) is 0 Å². The van der Waals surface area contributed by atoms with Crippen LogP contribution in [0.1, 0.15) is 36.7 Å². The van der Waals surface area contributed by atoms with E-state index in [9.17, 15) is 9.59 Å². The Morgan fingerprint density at radius 1 is 1.32 bits per heavy atom. The molecule has 0 bridgehead atoms. The number of anilines is 1. The molecular weight excluding hydrogens is 246 g/mol. The van der Waals surface area contributed by atoms with Crippen LogP contribution in [0.4, 0.5) is 5.69 Å². The maximum Gasteiger partial charge on any atom is 0.340 e. The second-order valence-electron chi connectivity index (χ2n) is 4.31. The lowest BCUT2D eigenvalue weighted by Gasteiger charge is -2.12. The zero-order valence-electron chi connectivity index (χ0n) is 11.4. The zero-order chi connectivity index (χ0) is 14.4. The largest absolute Gasteiger partial charge is 0.466 e. The third kappa shape index (κ3) is 4.28. The van der Waals surface area contributed by atoms with Gasteiger partial charge < -0.3 is 15.2 Å². The number of ether oxygens (including phenoxy) is 2. The lowest BCUT2D eigenvalue weighted by Crippen LogP contribution is -2.15. The van der Waals surface area contributed by atoms with Gasteiger partial charge in [-0.25, -0.2) is 4.79 Å². The van der Waals surface area contributed by atoms with Crippen molar-refractivity contribution in [1.29, 1.82) is 0 Å². The summed E-state index contributed by atoms with van der Waals surface area (Å²) in [5.74, 6) is -0.859. The van der Waals surface area contributed by atoms with E-state index >= 15 is 0 Å². The second kappa shape index (κ2) is 6.78. The van der Waals surface area contributed by atoms with Crippen LogP contribution in [-0.4, -0.2) is 24.6 Å². The molecule has 0 unspecified atom stereocenters. The zero-order valence-corrected chi connectivity index (χ0v) is 11.4. The predicted molar refractivity (Wildman–Crippen MR) is 71.7 cm³/mol. The molecule has 0 heterocycles. The Hall–Kier alpha value is -2.04. The molecule has 0 spiro atoms. The molecule has 104 valence electrons. The second-order valence-corrected chi connectivity index (χ2v) is 4.31. The Balaban J connectivity index is 2.92. The van der Waals surface area contributed by atoms with Crippen LogP contribution in [0.2, 0.25) is 0 Å². The highest BCUT2D eigenvalue weighted by atomic mass is 16.5. The third-order valence-corrected chi connectivity index (χ3v) is 2.40. The number of para-hydroxylation sites is 1. The fourth-order valence-corrected chi connectivity index (χ4v) is 1.59. The molecule has 0 aliphatic heterocycles. The maximum atomic E-state index is 11.8. The fourth-order valence-electron chi connectivity index (χ4n) is 1.59. The van der Waals surface area contributed by atoms with Gasteiger partial charge in [0.05, 0.1) is 24.7 Å². The predicted octanol–water partition coefficient (Wildman–Crippen LogP) is 1.94. The Bertz CT molecular complexity index is 469. The van der Waals surface area contributed by atoms with E-state index in [-0.39, 0.29) is 29.7 Å². The Labute approximate surface area is 112 Å². The summed E-state index contributed by atoms with van der Waals surface area (Å²) in [6.45, 7) is 5.57. The van der Waals surface area contributed by atoms with Crippen LogP contribution in [0.25, 0.3) is 0 Å². The van der Waals surface area contributed by atoms with Crippen molar-refractivity contribution >= 4 is 17.6 Å². The molecule has 0 radical (unpaired) electrons. The number of rotatable bonds is 5. The van der Waals surface area contributed by atoms with Gasteiger partial charge in [-0.1, -0.05) is 12.1 Å². The smallest absolute Gasteiger partial charge is 0.340 e. The molecule has 1 rings (SSSR count). The Morgan fingerprint density at radius 2 is 2.00 bits per heavy atom. The van der Waals surface area contributed by atoms with E-state index in [2.05, 4.69) is 0 Å². The maximum absolute atomic E-state index is 11.8. The minimum Gasteiger partial charge on any atom is -0.466 e. The van der Waals surface area contributed by atoms with Crippen molar-refractivity contribution < 1.29 is 19.1 Å². The standard InChI is InChI=1S/C14H19NO4/c1-4-18-12(16)8-10-6-5-7-11(13(10)15)14(17)19-9(2)3/h5-7,9H,4,8,15H2,1-3H3. The molecule has 0 aliphatic rings. The molecule has 0 amide bonds.